The third-order valence-corrected chi connectivity index (χ3v) is 8.02. The van der Waals surface area contributed by atoms with Crippen molar-refractivity contribution < 1.29 is 32.2 Å². The predicted octanol–water partition coefficient (Wildman–Crippen LogP) is 6.82. The van der Waals surface area contributed by atoms with E-state index in [0.29, 0.717) is 28.9 Å². The van der Waals surface area contributed by atoms with Crippen molar-refractivity contribution in [1.82, 2.24) is 14.8 Å². The number of rotatable bonds is 9. The van der Waals surface area contributed by atoms with Crippen molar-refractivity contribution in [3.8, 4) is 11.4 Å². The fourth-order valence-electron chi connectivity index (χ4n) is 4.70. The average Bonchev–Trinajstić information content (AvgIpc) is 3.62. The SMILES string of the molecule is COC(C)c1ccc(C)cc1C1C(=O)CS/C1=N\C(=O)Nc1ccc(CNc2ncn(-c3ccc(OC(F)(F)F)cc3)n2)cc1. The van der Waals surface area contributed by atoms with Crippen molar-refractivity contribution in [3.05, 3.63) is 95.3 Å². The number of aryl methyl sites for hydroxylation is 1. The summed E-state index contributed by atoms with van der Waals surface area (Å²) in [7, 11) is 1.61. The summed E-state index contributed by atoms with van der Waals surface area (Å²) in [5.74, 6) is -0.410. The summed E-state index contributed by atoms with van der Waals surface area (Å²) in [5.41, 5.74) is 4.60. The minimum atomic E-state index is -4.76. The first kappa shape index (κ1) is 31.7. The van der Waals surface area contributed by atoms with E-state index in [0.717, 1.165) is 22.3 Å². The Balaban J connectivity index is 1.18. The number of carbonyl (C=O) groups excluding carboxylic acids is 2. The van der Waals surface area contributed by atoms with Crippen LogP contribution in [0.15, 0.2) is 78.0 Å². The molecule has 2 heterocycles. The van der Waals surface area contributed by atoms with Crippen LogP contribution in [0.1, 0.15) is 41.2 Å². The third kappa shape index (κ3) is 8.08. The van der Waals surface area contributed by atoms with Crippen molar-refractivity contribution in [2.75, 3.05) is 23.5 Å². The van der Waals surface area contributed by atoms with Crippen LogP contribution in [0.2, 0.25) is 0 Å². The maximum Gasteiger partial charge on any atom is 0.573 e. The smallest absolute Gasteiger partial charge is 0.406 e. The van der Waals surface area contributed by atoms with Crippen LogP contribution in [0.25, 0.3) is 5.69 Å². The van der Waals surface area contributed by atoms with Gasteiger partial charge in [0.25, 0.3) is 0 Å². The van der Waals surface area contributed by atoms with Crippen LogP contribution in [0.5, 0.6) is 5.75 Å². The number of carbonyl (C=O) groups is 2. The second-order valence-corrected chi connectivity index (χ2v) is 11.2. The van der Waals surface area contributed by atoms with Gasteiger partial charge < -0.3 is 20.1 Å². The van der Waals surface area contributed by atoms with Crippen LogP contribution < -0.4 is 15.4 Å². The minimum absolute atomic E-state index is 0.00804. The van der Waals surface area contributed by atoms with Gasteiger partial charge >= 0.3 is 12.4 Å². The van der Waals surface area contributed by atoms with E-state index in [9.17, 15) is 22.8 Å². The number of Topliss-reactive ketones (excluding diaryl/α,β-unsaturated/α-hetero) is 1. The van der Waals surface area contributed by atoms with Crippen molar-refractivity contribution in [2.24, 2.45) is 4.99 Å². The number of methoxy groups -OCH3 is 1. The molecule has 1 aliphatic heterocycles. The molecule has 2 N–H and O–H groups in total. The van der Waals surface area contributed by atoms with Crippen molar-refractivity contribution in [3.63, 3.8) is 0 Å². The number of benzene rings is 3. The molecule has 2 atom stereocenters. The number of hydrogen-bond acceptors (Lipinski definition) is 8. The number of aromatic nitrogens is 3. The third-order valence-electron chi connectivity index (χ3n) is 6.97. The molecule has 0 radical (unpaired) electrons. The molecule has 5 rings (SSSR count). The van der Waals surface area contributed by atoms with Gasteiger partial charge in [-0.1, -0.05) is 35.9 Å². The summed E-state index contributed by atoms with van der Waals surface area (Å²) in [4.78, 5) is 34.2. The Bertz CT molecular complexity index is 1710. The molecule has 1 fully saturated rings. The standard InChI is InChI=1S/C31H29F3N6O4S/c1-18-4-13-24(19(2)43-3)25(14-18)27-26(41)16-45-28(27)38-30(42)37-21-7-5-20(6-8-21)15-35-29-36-17-40(39-29)22-9-11-23(12-10-22)44-31(32,33)34/h4-14,17,19,27H,15-16H2,1-3H3,(H,35,39)(H,37,42)/b38-28-. The quantitative estimate of drug-likeness (QED) is 0.205. The largest absolute Gasteiger partial charge is 0.573 e. The molecule has 3 aromatic carbocycles. The fourth-order valence-corrected chi connectivity index (χ4v) is 5.73. The number of urea groups is 1. The molecular formula is C31H29F3N6O4S. The first-order valence-electron chi connectivity index (χ1n) is 13.8. The van der Waals surface area contributed by atoms with Gasteiger partial charge in [0.2, 0.25) is 5.95 Å². The van der Waals surface area contributed by atoms with Crippen LogP contribution >= 0.6 is 11.8 Å². The number of thioether (sulfide) groups is 1. The second kappa shape index (κ2) is 13.5. The molecule has 2 amide bonds. The van der Waals surface area contributed by atoms with Crippen LogP contribution in [0.3, 0.4) is 0 Å². The topological polar surface area (TPSA) is 120 Å². The summed E-state index contributed by atoms with van der Waals surface area (Å²) in [6, 6.07) is 17.6. The molecule has 1 aromatic heterocycles. The lowest BCUT2D eigenvalue weighted by Crippen LogP contribution is -2.18. The monoisotopic (exact) mass is 638 g/mol. The number of anilines is 2. The minimum Gasteiger partial charge on any atom is -0.406 e. The highest BCUT2D eigenvalue weighted by Crippen LogP contribution is 2.37. The van der Waals surface area contributed by atoms with Gasteiger partial charge in [-0.15, -0.1) is 30.0 Å². The number of ketones is 1. The fraction of sp³-hybridized carbons (Fsp3) is 0.258. The lowest BCUT2D eigenvalue weighted by molar-refractivity contribution is -0.274. The van der Waals surface area contributed by atoms with Gasteiger partial charge in [-0.3, -0.25) is 4.79 Å². The van der Waals surface area contributed by atoms with Gasteiger partial charge in [0.05, 0.1) is 28.5 Å². The molecule has 1 aliphatic rings. The maximum atomic E-state index is 12.9. The lowest BCUT2D eigenvalue weighted by Gasteiger charge is -2.19. The summed E-state index contributed by atoms with van der Waals surface area (Å²) in [6.45, 7) is 4.24. The molecule has 4 aromatic rings. The molecule has 0 aliphatic carbocycles. The second-order valence-electron chi connectivity index (χ2n) is 10.2. The number of amides is 2. The summed E-state index contributed by atoms with van der Waals surface area (Å²) in [6.07, 6.45) is -3.56. The van der Waals surface area contributed by atoms with Crippen LogP contribution in [-0.2, 0) is 16.1 Å². The molecule has 0 bridgehead atoms. The Kier molecular flexibility index (Phi) is 9.54. The van der Waals surface area contributed by atoms with E-state index in [-0.39, 0.29) is 23.4 Å². The number of ether oxygens (including phenoxy) is 2. The van der Waals surface area contributed by atoms with Gasteiger partial charge in [-0.2, -0.15) is 4.99 Å². The summed E-state index contributed by atoms with van der Waals surface area (Å²) < 4.78 is 47.9. The lowest BCUT2D eigenvalue weighted by atomic mass is 9.89. The zero-order valence-corrected chi connectivity index (χ0v) is 25.3. The molecule has 1 saturated heterocycles. The van der Waals surface area contributed by atoms with Gasteiger partial charge in [0, 0.05) is 19.3 Å². The highest BCUT2D eigenvalue weighted by Gasteiger charge is 2.36. The van der Waals surface area contributed by atoms with Crippen molar-refractivity contribution in [1.29, 1.82) is 0 Å². The van der Waals surface area contributed by atoms with Gasteiger partial charge in [0.15, 0.2) is 5.78 Å². The Labute approximate surface area is 261 Å². The Morgan fingerprint density at radius 1 is 1.13 bits per heavy atom. The molecule has 2 unspecified atom stereocenters. The Morgan fingerprint density at radius 2 is 1.87 bits per heavy atom. The maximum absolute atomic E-state index is 12.9. The number of nitrogens with zero attached hydrogens (tertiary/aromatic N) is 4. The first-order chi connectivity index (χ1) is 21.5. The molecule has 234 valence electrons. The van der Waals surface area contributed by atoms with Gasteiger partial charge in [0.1, 0.15) is 12.1 Å². The summed E-state index contributed by atoms with van der Waals surface area (Å²) in [5, 5.41) is 10.6. The number of aliphatic imine (C=N–C) groups is 1. The van der Waals surface area contributed by atoms with Crippen molar-refractivity contribution >= 4 is 40.3 Å². The molecule has 10 nitrogen and oxygen atoms in total. The molecule has 0 saturated carbocycles. The van der Waals surface area contributed by atoms with Crippen molar-refractivity contribution in [2.45, 2.75) is 38.8 Å². The Hall–Kier alpha value is -4.69. The number of nitrogens with one attached hydrogen (secondary N) is 2. The molecular weight excluding hydrogens is 609 g/mol. The van der Waals surface area contributed by atoms with E-state index in [1.807, 2.05) is 44.2 Å². The highest BCUT2D eigenvalue weighted by atomic mass is 32.2. The van der Waals surface area contributed by atoms with E-state index >= 15 is 0 Å². The predicted molar refractivity (Wildman–Crippen MR) is 165 cm³/mol. The van der Waals surface area contributed by atoms with Gasteiger partial charge in [-0.25, -0.2) is 14.5 Å². The number of halogens is 3. The number of hydrogen-bond donors (Lipinski definition) is 2. The van der Waals surface area contributed by atoms with Crippen LogP contribution in [0, 0.1) is 6.92 Å². The van der Waals surface area contributed by atoms with E-state index < -0.39 is 18.3 Å². The average molecular weight is 639 g/mol. The zero-order chi connectivity index (χ0) is 32.1. The van der Waals surface area contributed by atoms with Gasteiger partial charge in [-0.05, 0) is 66.9 Å². The van der Waals surface area contributed by atoms with Crippen LogP contribution in [0.4, 0.5) is 29.6 Å². The van der Waals surface area contributed by atoms with E-state index in [2.05, 4.69) is 30.4 Å². The van der Waals surface area contributed by atoms with E-state index in [4.69, 9.17) is 4.74 Å². The molecule has 45 heavy (non-hydrogen) atoms. The molecule has 14 heteroatoms. The van der Waals surface area contributed by atoms with Crippen LogP contribution in [-0.4, -0.2) is 50.8 Å². The Morgan fingerprint density at radius 3 is 2.56 bits per heavy atom. The highest BCUT2D eigenvalue weighted by molar-refractivity contribution is 8.15. The van der Waals surface area contributed by atoms with E-state index in [1.165, 1.54) is 47.0 Å². The first-order valence-corrected chi connectivity index (χ1v) is 14.8. The van der Waals surface area contributed by atoms with E-state index in [1.54, 1.807) is 19.2 Å². The zero-order valence-electron chi connectivity index (χ0n) is 24.5. The summed E-state index contributed by atoms with van der Waals surface area (Å²) >= 11 is 1.27. The molecule has 0 spiro atoms. The number of alkyl halides is 3. The normalized spacial score (nSPS) is 16.5.